The Bertz CT molecular complexity index is 696. The SMILES string of the molecule is O=C(O)N(C(=O)N1CCC(c2ccccc2)C1)C1CCCCC2CCCN2C1. The summed E-state index contributed by atoms with van der Waals surface area (Å²) < 4.78 is 0. The van der Waals surface area contributed by atoms with Crippen molar-refractivity contribution < 1.29 is 14.7 Å². The van der Waals surface area contributed by atoms with E-state index in [4.69, 9.17) is 0 Å². The van der Waals surface area contributed by atoms with Gasteiger partial charge in [0.05, 0.1) is 6.04 Å². The second-order valence-electron chi connectivity index (χ2n) is 8.51. The maximum atomic E-state index is 13.2. The lowest BCUT2D eigenvalue weighted by Gasteiger charge is -2.37. The highest BCUT2D eigenvalue weighted by Crippen LogP contribution is 2.30. The zero-order valence-corrected chi connectivity index (χ0v) is 16.5. The van der Waals surface area contributed by atoms with Crippen LogP contribution in [0.15, 0.2) is 30.3 Å². The molecule has 0 spiro atoms. The minimum atomic E-state index is -1.10. The van der Waals surface area contributed by atoms with Gasteiger partial charge in [0.15, 0.2) is 0 Å². The Kier molecular flexibility index (Phi) is 5.85. The predicted molar refractivity (Wildman–Crippen MR) is 107 cm³/mol. The molecule has 3 aliphatic rings. The van der Waals surface area contributed by atoms with Crippen molar-refractivity contribution >= 4 is 12.1 Å². The van der Waals surface area contributed by atoms with Crippen LogP contribution in [0.5, 0.6) is 0 Å². The van der Waals surface area contributed by atoms with E-state index < -0.39 is 6.09 Å². The molecule has 152 valence electrons. The number of benzene rings is 1. The van der Waals surface area contributed by atoms with Crippen molar-refractivity contribution in [1.29, 1.82) is 0 Å². The van der Waals surface area contributed by atoms with Crippen molar-refractivity contribution in [1.82, 2.24) is 14.7 Å². The summed E-state index contributed by atoms with van der Waals surface area (Å²) in [5.74, 6) is 0.293. The predicted octanol–water partition coefficient (Wildman–Crippen LogP) is 3.98. The first kappa shape index (κ1) is 19.2. The summed E-state index contributed by atoms with van der Waals surface area (Å²) in [4.78, 5) is 30.6. The van der Waals surface area contributed by atoms with Gasteiger partial charge in [-0.1, -0.05) is 43.2 Å². The van der Waals surface area contributed by atoms with Gasteiger partial charge < -0.3 is 10.0 Å². The molecule has 3 atom stereocenters. The number of carbonyl (C=O) groups is 2. The lowest BCUT2D eigenvalue weighted by molar-refractivity contribution is 0.0903. The summed E-state index contributed by atoms with van der Waals surface area (Å²) in [5, 5.41) is 9.90. The van der Waals surface area contributed by atoms with Gasteiger partial charge in [-0.15, -0.1) is 0 Å². The van der Waals surface area contributed by atoms with Crippen LogP contribution in [0.1, 0.15) is 56.4 Å². The number of amides is 3. The molecule has 0 aliphatic carbocycles. The van der Waals surface area contributed by atoms with E-state index in [9.17, 15) is 14.7 Å². The van der Waals surface area contributed by atoms with E-state index in [2.05, 4.69) is 17.0 Å². The van der Waals surface area contributed by atoms with Crippen LogP contribution < -0.4 is 0 Å². The minimum absolute atomic E-state index is 0.235. The monoisotopic (exact) mass is 385 g/mol. The van der Waals surface area contributed by atoms with Gasteiger partial charge in [0.2, 0.25) is 0 Å². The van der Waals surface area contributed by atoms with E-state index >= 15 is 0 Å². The van der Waals surface area contributed by atoms with Gasteiger partial charge in [-0.3, -0.25) is 4.90 Å². The quantitative estimate of drug-likeness (QED) is 0.836. The van der Waals surface area contributed by atoms with E-state index in [0.717, 1.165) is 37.1 Å². The van der Waals surface area contributed by atoms with Crippen molar-refractivity contribution in [2.24, 2.45) is 0 Å². The van der Waals surface area contributed by atoms with Gasteiger partial charge in [-0.2, -0.15) is 0 Å². The van der Waals surface area contributed by atoms with Crippen LogP contribution in [-0.4, -0.2) is 70.2 Å². The number of nitrogens with zero attached hydrogens (tertiary/aromatic N) is 3. The molecule has 0 radical (unpaired) electrons. The standard InChI is InChI=1S/C22H31N3O3/c26-21(24-14-12-18(15-24)17-7-2-1-3-8-17)25(22(27)28)20-10-5-4-9-19-11-6-13-23(19)16-20/h1-3,7-8,18-20H,4-6,9-16H2,(H,27,28). The largest absolute Gasteiger partial charge is 0.465 e. The summed E-state index contributed by atoms with van der Waals surface area (Å²) in [6.07, 6.45) is 6.28. The summed E-state index contributed by atoms with van der Waals surface area (Å²) in [6.45, 7) is 2.95. The first-order valence-corrected chi connectivity index (χ1v) is 10.7. The molecule has 6 heteroatoms. The lowest BCUT2D eigenvalue weighted by Crippen LogP contribution is -2.54. The van der Waals surface area contributed by atoms with Gasteiger partial charge in [-0.25, -0.2) is 14.5 Å². The van der Waals surface area contributed by atoms with Crippen molar-refractivity contribution in [3.63, 3.8) is 0 Å². The van der Waals surface area contributed by atoms with E-state index in [-0.39, 0.29) is 12.1 Å². The van der Waals surface area contributed by atoms with Crippen LogP contribution in [0.25, 0.3) is 0 Å². The molecule has 3 amide bonds. The van der Waals surface area contributed by atoms with Crippen molar-refractivity contribution in [3.05, 3.63) is 35.9 Å². The Labute approximate surface area is 167 Å². The summed E-state index contributed by atoms with van der Waals surface area (Å²) in [6, 6.07) is 10.2. The molecular formula is C22H31N3O3. The third-order valence-electron chi connectivity index (χ3n) is 6.78. The first-order chi connectivity index (χ1) is 13.6. The van der Waals surface area contributed by atoms with Gasteiger partial charge in [-0.05, 0) is 44.2 Å². The Morgan fingerprint density at radius 2 is 1.68 bits per heavy atom. The molecule has 0 saturated carbocycles. The molecule has 1 aromatic rings. The smallest absolute Gasteiger partial charge is 0.415 e. The molecule has 6 nitrogen and oxygen atoms in total. The van der Waals surface area contributed by atoms with E-state index in [1.54, 1.807) is 4.90 Å². The molecule has 3 fully saturated rings. The molecule has 3 saturated heterocycles. The number of hydrogen-bond donors (Lipinski definition) is 1. The fourth-order valence-corrected chi connectivity index (χ4v) is 5.27. The fraction of sp³-hybridized carbons (Fsp3) is 0.636. The maximum absolute atomic E-state index is 13.2. The van der Waals surface area contributed by atoms with Gasteiger partial charge >= 0.3 is 12.1 Å². The van der Waals surface area contributed by atoms with Crippen LogP contribution in [0, 0.1) is 0 Å². The molecule has 0 aromatic heterocycles. The summed E-state index contributed by atoms with van der Waals surface area (Å²) >= 11 is 0. The highest BCUT2D eigenvalue weighted by Gasteiger charge is 2.39. The van der Waals surface area contributed by atoms with Crippen molar-refractivity contribution in [3.8, 4) is 0 Å². The molecule has 3 aliphatic heterocycles. The third kappa shape index (κ3) is 4.02. The molecule has 28 heavy (non-hydrogen) atoms. The van der Waals surface area contributed by atoms with Crippen LogP contribution in [0.2, 0.25) is 0 Å². The molecule has 3 heterocycles. The van der Waals surface area contributed by atoms with Crippen LogP contribution >= 0.6 is 0 Å². The third-order valence-corrected chi connectivity index (χ3v) is 6.78. The number of likely N-dealkylation sites (tertiary alicyclic amines) is 1. The Balaban J connectivity index is 1.46. The molecule has 1 aromatic carbocycles. The molecule has 0 bridgehead atoms. The highest BCUT2D eigenvalue weighted by atomic mass is 16.4. The topological polar surface area (TPSA) is 64.1 Å². The van der Waals surface area contributed by atoms with Gasteiger partial charge in [0, 0.05) is 31.6 Å². The highest BCUT2D eigenvalue weighted by molar-refractivity contribution is 5.90. The van der Waals surface area contributed by atoms with Gasteiger partial charge in [0.25, 0.3) is 0 Å². The van der Waals surface area contributed by atoms with Crippen molar-refractivity contribution in [2.45, 2.75) is 62.9 Å². The van der Waals surface area contributed by atoms with Crippen LogP contribution in [0.3, 0.4) is 0 Å². The van der Waals surface area contributed by atoms with Crippen LogP contribution in [0.4, 0.5) is 9.59 Å². The molecule has 3 unspecified atom stereocenters. The van der Waals surface area contributed by atoms with E-state index in [1.165, 1.54) is 24.8 Å². The first-order valence-electron chi connectivity index (χ1n) is 10.7. The number of hydrogen-bond acceptors (Lipinski definition) is 3. The number of carboxylic acid groups (broad SMARTS) is 1. The van der Waals surface area contributed by atoms with Gasteiger partial charge in [0.1, 0.15) is 0 Å². The number of carbonyl (C=O) groups excluding carboxylic acids is 1. The normalized spacial score (nSPS) is 28.4. The van der Waals surface area contributed by atoms with E-state index in [0.29, 0.717) is 31.6 Å². The Morgan fingerprint density at radius 3 is 2.46 bits per heavy atom. The number of rotatable bonds is 2. The Hall–Kier alpha value is -2.08. The molecule has 1 N–H and O–H groups in total. The number of urea groups is 1. The zero-order valence-electron chi connectivity index (χ0n) is 16.5. The average Bonchev–Trinajstić information content (AvgIpc) is 3.33. The van der Waals surface area contributed by atoms with E-state index in [1.807, 2.05) is 18.2 Å². The summed E-state index contributed by atoms with van der Waals surface area (Å²) in [5.41, 5.74) is 1.23. The summed E-state index contributed by atoms with van der Waals surface area (Å²) in [7, 11) is 0. The fourth-order valence-electron chi connectivity index (χ4n) is 5.27. The lowest BCUT2D eigenvalue weighted by atomic mass is 9.98. The maximum Gasteiger partial charge on any atom is 0.415 e. The number of imide groups is 1. The minimum Gasteiger partial charge on any atom is -0.465 e. The zero-order chi connectivity index (χ0) is 19.5. The second kappa shape index (κ2) is 8.52. The second-order valence-corrected chi connectivity index (χ2v) is 8.51. The molecule has 4 rings (SSSR count). The number of fused-ring (bicyclic) bond motifs is 1. The van der Waals surface area contributed by atoms with Crippen LogP contribution in [-0.2, 0) is 0 Å². The average molecular weight is 386 g/mol. The van der Waals surface area contributed by atoms with Crippen molar-refractivity contribution in [2.75, 3.05) is 26.2 Å². The Morgan fingerprint density at radius 1 is 0.929 bits per heavy atom. The molecular weight excluding hydrogens is 354 g/mol.